The van der Waals surface area contributed by atoms with Crippen LogP contribution in [0.2, 0.25) is 0 Å². The lowest BCUT2D eigenvalue weighted by Gasteiger charge is -2.13. The van der Waals surface area contributed by atoms with Gasteiger partial charge in [0.1, 0.15) is 10.5 Å². The molecule has 0 aliphatic heterocycles. The highest BCUT2D eigenvalue weighted by molar-refractivity contribution is 7.99. The van der Waals surface area contributed by atoms with E-state index in [9.17, 15) is 14.0 Å². The van der Waals surface area contributed by atoms with Crippen LogP contribution < -0.4 is 10.9 Å². The molecule has 0 saturated carbocycles. The van der Waals surface area contributed by atoms with Gasteiger partial charge in [-0.15, -0.1) is 11.3 Å². The molecule has 4 rings (SSSR count). The van der Waals surface area contributed by atoms with Crippen LogP contribution in [0.25, 0.3) is 15.9 Å². The fourth-order valence-electron chi connectivity index (χ4n) is 3.33. The maximum Gasteiger partial charge on any atom is 0.276 e. The molecule has 1 amide bonds. The summed E-state index contributed by atoms with van der Waals surface area (Å²) in [5.41, 5.74) is 2.58. The summed E-state index contributed by atoms with van der Waals surface area (Å²) in [6, 6.07) is 16.4. The van der Waals surface area contributed by atoms with Gasteiger partial charge in [0.05, 0.1) is 17.0 Å². The molecule has 0 aliphatic carbocycles. The largest absolute Gasteiger partial charge is 0.355 e. The van der Waals surface area contributed by atoms with Crippen LogP contribution in [0.5, 0.6) is 0 Å². The number of amides is 1. The fourth-order valence-corrected chi connectivity index (χ4v) is 4.93. The van der Waals surface area contributed by atoms with E-state index in [-0.39, 0.29) is 23.0 Å². The van der Waals surface area contributed by atoms with Crippen molar-refractivity contribution < 1.29 is 9.18 Å². The standard InChI is InChI=1S/C24H22FN3O2S2/c1-16-14-18(9-10-19(16)25)28-23(30)22-20(11-13-31-22)27-24(28)32-15-21(29)26-12-5-8-17-6-3-2-4-7-17/h2-4,6-7,9-11,13-14H,5,8,12,15H2,1H3,(H,26,29). The van der Waals surface area contributed by atoms with Crippen LogP contribution in [-0.2, 0) is 11.2 Å². The molecule has 1 N–H and O–H groups in total. The summed E-state index contributed by atoms with van der Waals surface area (Å²) in [5, 5.41) is 5.14. The van der Waals surface area contributed by atoms with E-state index in [1.807, 2.05) is 23.6 Å². The summed E-state index contributed by atoms with van der Waals surface area (Å²) >= 11 is 2.51. The van der Waals surface area contributed by atoms with Gasteiger partial charge in [0, 0.05) is 6.54 Å². The molecule has 0 unspecified atom stereocenters. The summed E-state index contributed by atoms with van der Waals surface area (Å²) in [4.78, 5) is 30.1. The minimum absolute atomic E-state index is 0.121. The molecule has 0 bridgehead atoms. The van der Waals surface area contributed by atoms with E-state index in [1.54, 1.807) is 25.1 Å². The number of nitrogens with zero attached hydrogens (tertiary/aromatic N) is 2. The van der Waals surface area contributed by atoms with Gasteiger partial charge in [-0.2, -0.15) is 0 Å². The van der Waals surface area contributed by atoms with Gasteiger partial charge >= 0.3 is 0 Å². The first-order valence-corrected chi connectivity index (χ1v) is 12.1. The molecule has 164 valence electrons. The Morgan fingerprint density at radius 2 is 2.00 bits per heavy atom. The molecule has 2 aromatic heterocycles. The molecule has 32 heavy (non-hydrogen) atoms. The number of hydrogen-bond acceptors (Lipinski definition) is 5. The third-order valence-electron chi connectivity index (χ3n) is 4.99. The zero-order valence-corrected chi connectivity index (χ0v) is 19.1. The monoisotopic (exact) mass is 467 g/mol. The van der Waals surface area contributed by atoms with Gasteiger partial charge < -0.3 is 5.32 Å². The van der Waals surface area contributed by atoms with Crippen LogP contribution in [0.3, 0.4) is 0 Å². The predicted octanol–water partition coefficient (Wildman–Crippen LogP) is 4.74. The Labute approximate surface area is 193 Å². The quantitative estimate of drug-likeness (QED) is 0.231. The van der Waals surface area contributed by atoms with Crippen LogP contribution in [0.4, 0.5) is 4.39 Å². The minimum atomic E-state index is -0.337. The molecular formula is C24H22FN3O2S2. The Morgan fingerprint density at radius 3 is 2.78 bits per heavy atom. The lowest BCUT2D eigenvalue weighted by molar-refractivity contribution is -0.118. The van der Waals surface area contributed by atoms with E-state index >= 15 is 0 Å². The molecule has 0 atom stereocenters. The molecule has 4 aromatic rings. The molecule has 0 spiro atoms. The molecule has 2 heterocycles. The summed E-state index contributed by atoms with van der Waals surface area (Å²) in [6.07, 6.45) is 1.74. The Hall–Kier alpha value is -2.97. The van der Waals surface area contributed by atoms with Crippen molar-refractivity contribution in [2.75, 3.05) is 12.3 Å². The third-order valence-corrected chi connectivity index (χ3v) is 6.82. The number of aromatic nitrogens is 2. The van der Waals surface area contributed by atoms with Crippen molar-refractivity contribution in [3.05, 3.63) is 87.3 Å². The lowest BCUT2D eigenvalue weighted by Crippen LogP contribution is -2.27. The van der Waals surface area contributed by atoms with Crippen molar-refractivity contribution in [1.29, 1.82) is 0 Å². The Morgan fingerprint density at radius 1 is 1.19 bits per heavy atom. The normalized spacial score (nSPS) is 11.1. The molecule has 0 aliphatic rings. The molecule has 0 saturated heterocycles. The fraction of sp³-hybridized carbons (Fsp3) is 0.208. The average molecular weight is 468 g/mol. The number of carbonyl (C=O) groups is 1. The highest BCUT2D eigenvalue weighted by Crippen LogP contribution is 2.24. The van der Waals surface area contributed by atoms with E-state index < -0.39 is 0 Å². The Balaban J connectivity index is 1.46. The number of fused-ring (bicyclic) bond motifs is 1. The first-order chi connectivity index (χ1) is 15.5. The predicted molar refractivity (Wildman–Crippen MR) is 128 cm³/mol. The molecule has 5 nitrogen and oxygen atoms in total. The van der Waals surface area contributed by atoms with Crippen molar-refractivity contribution in [3.8, 4) is 5.69 Å². The molecule has 0 fully saturated rings. The first kappa shape index (κ1) is 22.2. The topological polar surface area (TPSA) is 64.0 Å². The number of hydrogen-bond donors (Lipinski definition) is 1. The summed E-state index contributed by atoms with van der Waals surface area (Å²) in [5.74, 6) is -0.325. The zero-order valence-electron chi connectivity index (χ0n) is 17.5. The van der Waals surface area contributed by atoms with E-state index in [0.717, 1.165) is 12.8 Å². The Kier molecular flexibility index (Phi) is 7.02. The van der Waals surface area contributed by atoms with Crippen molar-refractivity contribution in [1.82, 2.24) is 14.9 Å². The minimum Gasteiger partial charge on any atom is -0.355 e. The molecule has 8 heteroatoms. The van der Waals surface area contributed by atoms with E-state index in [2.05, 4.69) is 22.4 Å². The summed E-state index contributed by atoms with van der Waals surface area (Å²) in [7, 11) is 0. The van der Waals surface area contributed by atoms with Gasteiger partial charge in [-0.1, -0.05) is 42.1 Å². The summed E-state index contributed by atoms with van der Waals surface area (Å²) in [6.45, 7) is 2.23. The van der Waals surface area contributed by atoms with Crippen LogP contribution in [0, 0.1) is 12.7 Å². The Bertz CT molecular complexity index is 1300. The van der Waals surface area contributed by atoms with Crippen molar-refractivity contribution in [2.45, 2.75) is 24.9 Å². The molecule has 0 radical (unpaired) electrons. The van der Waals surface area contributed by atoms with Crippen LogP contribution in [0.1, 0.15) is 17.5 Å². The first-order valence-electron chi connectivity index (χ1n) is 10.2. The molecular weight excluding hydrogens is 445 g/mol. The van der Waals surface area contributed by atoms with Crippen LogP contribution in [0.15, 0.2) is 69.9 Å². The number of rotatable bonds is 8. The maximum absolute atomic E-state index is 13.8. The van der Waals surface area contributed by atoms with Crippen LogP contribution in [-0.4, -0.2) is 27.8 Å². The maximum atomic E-state index is 13.8. The van der Waals surface area contributed by atoms with Crippen molar-refractivity contribution in [3.63, 3.8) is 0 Å². The zero-order chi connectivity index (χ0) is 22.5. The van der Waals surface area contributed by atoms with Gasteiger partial charge in [-0.05, 0) is 60.5 Å². The summed E-state index contributed by atoms with van der Waals surface area (Å²) < 4.78 is 15.8. The van der Waals surface area contributed by atoms with E-state index in [4.69, 9.17) is 0 Å². The number of carbonyl (C=O) groups excluding carboxylic acids is 1. The second-order valence-electron chi connectivity index (χ2n) is 7.33. The van der Waals surface area contributed by atoms with Gasteiger partial charge in [-0.3, -0.25) is 14.2 Å². The van der Waals surface area contributed by atoms with Gasteiger partial charge in [0.2, 0.25) is 5.91 Å². The average Bonchev–Trinajstić information content (AvgIpc) is 3.27. The number of benzene rings is 2. The van der Waals surface area contributed by atoms with Crippen molar-refractivity contribution >= 4 is 39.2 Å². The smallest absolute Gasteiger partial charge is 0.276 e. The lowest BCUT2D eigenvalue weighted by atomic mass is 10.1. The number of nitrogens with one attached hydrogen (secondary N) is 1. The van der Waals surface area contributed by atoms with E-state index in [1.165, 1.54) is 39.3 Å². The van der Waals surface area contributed by atoms with Crippen molar-refractivity contribution in [2.24, 2.45) is 0 Å². The second kappa shape index (κ2) is 10.1. The number of halogens is 1. The highest BCUT2D eigenvalue weighted by Gasteiger charge is 2.16. The van der Waals surface area contributed by atoms with Gasteiger partial charge in [0.25, 0.3) is 5.56 Å². The van der Waals surface area contributed by atoms with Gasteiger partial charge in [-0.25, -0.2) is 9.37 Å². The molecule has 2 aromatic carbocycles. The highest BCUT2D eigenvalue weighted by atomic mass is 32.2. The van der Waals surface area contributed by atoms with Gasteiger partial charge in [0.15, 0.2) is 5.16 Å². The number of thioether (sulfide) groups is 1. The van der Waals surface area contributed by atoms with E-state index in [0.29, 0.717) is 33.2 Å². The van der Waals surface area contributed by atoms with Crippen LogP contribution >= 0.6 is 23.1 Å². The SMILES string of the molecule is Cc1cc(-n2c(SCC(=O)NCCCc3ccccc3)nc3ccsc3c2=O)ccc1F. The third kappa shape index (κ3) is 5.08. The number of aryl methyl sites for hydroxylation is 2. The second-order valence-corrected chi connectivity index (χ2v) is 9.19. The number of thiophene rings is 1.